The molecule has 0 aliphatic carbocycles. The fourth-order valence-corrected chi connectivity index (χ4v) is 3.50. The molecule has 0 aliphatic rings. The zero-order valence-corrected chi connectivity index (χ0v) is 22.4. The van der Waals surface area contributed by atoms with E-state index in [1.807, 2.05) is 0 Å². The zero-order valence-electron chi connectivity index (χ0n) is 22.4. The number of rotatable bonds is 16. The average molecular weight is 567 g/mol. The van der Waals surface area contributed by atoms with Gasteiger partial charge in [0.15, 0.2) is 0 Å². The van der Waals surface area contributed by atoms with Gasteiger partial charge < -0.3 is 36.6 Å². The number of carbonyl (C=O) groups excluding carboxylic acids is 4. The molecule has 1 aromatic rings. The Labute approximate surface area is 229 Å². The predicted octanol–water partition coefficient (Wildman–Crippen LogP) is -0.536. The third kappa shape index (κ3) is 11.3. The summed E-state index contributed by atoms with van der Waals surface area (Å²) in [6, 6.07) is 0.319. The van der Waals surface area contributed by atoms with Crippen molar-refractivity contribution < 1.29 is 44.1 Å². The summed E-state index contributed by atoms with van der Waals surface area (Å²) < 4.78 is 0. The van der Waals surface area contributed by atoms with Crippen molar-refractivity contribution in [3.63, 3.8) is 0 Å². The number of nitrogens with zero attached hydrogens (tertiary/aromatic N) is 2. The first kappa shape index (κ1) is 33.3. The number of phenols is 1. The number of phenolic OH excluding ortho intramolecular Hbond substituents is 1. The van der Waals surface area contributed by atoms with Crippen LogP contribution in [-0.4, -0.2) is 81.6 Å². The van der Waals surface area contributed by atoms with Crippen molar-refractivity contribution in [2.75, 3.05) is 11.6 Å². The summed E-state index contributed by atoms with van der Waals surface area (Å²) in [5.74, 6) is -6.38. The molecule has 0 bridgehead atoms. The molecule has 0 aromatic heterocycles. The van der Waals surface area contributed by atoms with Crippen LogP contribution in [0.4, 0.5) is 5.69 Å². The Balaban J connectivity index is 2.94. The summed E-state index contributed by atoms with van der Waals surface area (Å²) in [5.41, 5.74) is 0.231. The normalized spacial score (nSPS) is 13.6. The highest BCUT2D eigenvalue weighted by molar-refractivity contribution is 5.95. The second-order valence-electron chi connectivity index (χ2n) is 9.30. The minimum absolute atomic E-state index is 0.0713. The molecular weight excluding hydrogens is 532 g/mol. The van der Waals surface area contributed by atoms with Gasteiger partial charge in [-0.3, -0.25) is 28.8 Å². The number of carboxylic acid groups (broad SMARTS) is 2. The van der Waals surface area contributed by atoms with Crippen molar-refractivity contribution in [3.8, 4) is 5.75 Å². The van der Waals surface area contributed by atoms with Crippen LogP contribution >= 0.6 is 0 Å². The second-order valence-corrected chi connectivity index (χ2v) is 9.30. The van der Waals surface area contributed by atoms with Gasteiger partial charge in [0.25, 0.3) is 0 Å². The molecule has 16 heteroatoms. The zero-order chi connectivity index (χ0) is 30.6. The number of hydrogen-bond acceptors (Lipinski definition) is 9. The van der Waals surface area contributed by atoms with Crippen LogP contribution in [-0.2, 0) is 28.8 Å². The highest BCUT2D eigenvalue weighted by Crippen LogP contribution is 2.19. The summed E-state index contributed by atoms with van der Waals surface area (Å²) in [6.07, 6.45) is -1.31. The molecule has 0 saturated carbocycles. The van der Waals surface area contributed by atoms with Crippen LogP contribution in [0.2, 0.25) is 0 Å². The second kappa shape index (κ2) is 15.6. The number of nitrogens with one attached hydrogen (secondary N) is 4. The van der Waals surface area contributed by atoms with E-state index in [-0.39, 0.29) is 18.0 Å². The van der Waals surface area contributed by atoms with E-state index in [0.717, 1.165) is 11.9 Å². The molecule has 0 saturated heterocycles. The van der Waals surface area contributed by atoms with Crippen molar-refractivity contribution >= 4 is 41.3 Å². The highest BCUT2D eigenvalue weighted by Gasteiger charge is 2.31. The summed E-state index contributed by atoms with van der Waals surface area (Å²) in [6.45, 7) is 5.25. The molecule has 7 N–H and O–H groups in total. The fourth-order valence-electron chi connectivity index (χ4n) is 3.50. The van der Waals surface area contributed by atoms with Gasteiger partial charge in [0.2, 0.25) is 23.6 Å². The summed E-state index contributed by atoms with van der Waals surface area (Å²) in [5, 5.41) is 40.9. The third-order valence-electron chi connectivity index (χ3n) is 5.48. The summed E-state index contributed by atoms with van der Waals surface area (Å²) in [7, 11) is 0. The monoisotopic (exact) mass is 566 g/mol. The number of benzene rings is 1. The maximum absolute atomic E-state index is 12.9. The maximum atomic E-state index is 12.9. The molecule has 1 rings (SSSR count). The van der Waals surface area contributed by atoms with Crippen molar-refractivity contribution in [2.45, 2.75) is 64.7 Å². The lowest BCUT2D eigenvalue weighted by molar-refractivity contribution is -0.141. The van der Waals surface area contributed by atoms with Crippen molar-refractivity contribution in [1.29, 1.82) is 0 Å². The maximum Gasteiger partial charge on any atom is 0.305 e. The fraction of sp³-hybridized carbons (Fsp3) is 0.500. The number of amides is 4. The van der Waals surface area contributed by atoms with Crippen molar-refractivity contribution in [3.05, 3.63) is 29.2 Å². The van der Waals surface area contributed by atoms with Crippen LogP contribution in [0.25, 0.3) is 0 Å². The van der Waals surface area contributed by atoms with Gasteiger partial charge in [-0.2, -0.15) is 0 Å². The van der Waals surface area contributed by atoms with E-state index in [1.54, 1.807) is 13.8 Å². The molecule has 4 amide bonds. The van der Waals surface area contributed by atoms with E-state index in [4.69, 9.17) is 5.11 Å². The van der Waals surface area contributed by atoms with E-state index in [1.165, 1.54) is 31.2 Å². The number of nitroso groups, excluding NO2 is 1. The first-order valence-corrected chi connectivity index (χ1v) is 12.2. The standard InChI is InChI=1S/C24H34N6O10/c1-12(2)21(28-23(38)18(10-20(35)36)26-14(4)31)24(39)25-13(3)22(37)27-15(9-19(33)34)11-30(29-40)16-5-7-17(32)8-6-16/h5-8,12-13,15,18,21,32H,9-11H2,1-4H3,(H,25,39)(H,26,31)(H,27,37)(H,28,38)(H,33,34)(H,35,36)/t13-,15-,18-,21-/m0/s1. The number of carbonyl (C=O) groups is 6. The van der Waals surface area contributed by atoms with E-state index in [2.05, 4.69) is 26.6 Å². The number of hydrogen-bond donors (Lipinski definition) is 7. The minimum Gasteiger partial charge on any atom is -0.508 e. The topological polar surface area (TPSA) is 244 Å². The van der Waals surface area contributed by atoms with Crippen LogP contribution in [0.3, 0.4) is 0 Å². The summed E-state index contributed by atoms with van der Waals surface area (Å²) >= 11 is 0. The quantitative estimate of drug-likeness (QED) is 0.0989. The van der Waals surface area contributed by atoms with Gasteiger partial charge >= 0.3 is 11.9 Å². The number of anilines is 1. The molecule has 1 aromatic carbocycles. The molecule has 0 heterocycles. The highest BCUT2D eigenvalue weighted by atomic mass is 16.4. The molecule has 0 aliphatic heterocycles. The number of aliphatic carboxylic acids is 2. The molecule has 0 spiro atoms. The van der Waals surface area contributed by atoms with Gasteiger partial charge in [-0.05, 0) is 37.1 Å². The van der Waals surface area contributed by atoms with E-state index >= 15 is 0 Å². The van der Waals surface area contributed by atoms with Gasteiger partial charge in [0.1, 0.15) is 23.9 Å². The molecule has 0 fully saturated rings. The van der Waals surface area contributed by atoms with Gasteiger partial charge in [-0.15, -0.1) is 4.91 Å². The van der Waals surface area contributed by atoms with Gasteiger partial charge in [-0.25, -0.2) is 5.01 Å². The number of carboxylic acids is 2. The molecule has 0 radical (unpaired) electrons. The first-order valence-electron chi connectivity index (χ1n) is 12.2. The molecule has 4 atom stereocenters. The Morgan fingerprint density at radius 1 is 0.825 bits per heavy atom. The van der Waals surface area contributed by atoms with Crippen molar-refractivity contribution in [2.24, 2.45) is 11.2 Å². The molecule has 220 valence electrons. The molecule has 40 heavy (non-hydrogen) atoms. The minimum atomic E-state index is -1.44. The lowest BCUT2D eigenvalue weighted by Crippen LogP contribution is -2.58. The average Bonchev–Trinajstić information content (AvgIpc) is 2.84. The van der Waals surface area contributed by atoms with E-state index in [0.29, 0.717) is 0 Å². The van der Waals surface area contributed by atoms with Crippen LogP contribution < -0.4 is 26.3 Å². The molecular formula is C24H34N6O10. The lowest BCUT2D eigenvalue weighted by atomic mass is 10.0. The Kier molecular flexibility index (Phi) is 13.0. The van der Waals surface area contributed by atoms with Crippen LogP contribution in [0.5, 0.6) is 5.75 Å². The van der Waals surface area contributed by atoms with Gasteiger partial charge in [0.05, 0.1) is 36.4 Å². The van der Waals surface area contributed by atoms with Gasteiger partial charge in [-0.1, -0.05) is 13.8 Å². The van der Waals surface area contributed by atoms with Crippen LogP contribution in [0, 0.1) is 10.8 Å². The Bertz CT molecular complexity index is 1080. The predicted molar refractivity (Wildman–Crippen MR) is 140 cm³/mol. The third-order valence-corrected chi connectivity index (χ3v) is 5.48. The van der Waals surface area contributed by atoms with Crippen molar-refractivity contribution in [1.82, 2.24) is 21.3 Å². The van der Waals surface area contributed by atoms with Crippen LogP contribution in [0.15, 0.2) is 29.6 Å². The summed E-state index contributed by atoms with van der Waals surface area (Å²) in [4.78, 5) is 83.5. The first-order chi connectivity index (χ1) is 18.6. The largest absolute Gasteiger partial charge is 0.508 e. The van der Waals surface area contributed by atoms with E-state index < -0.39 is 78.5 Å². The van der Waals surface area contributed by atoms with E-state index in [9.17, 15) is 43.9 Å². The molecule has 16 nitrogen and oxygen atoms in total. The molecule has 0 unspecified atom stereocenters. The smallest absolute Gasteiger partial charge is 0.305 e. The van der Waals surface area contributed by atoms with Crippen LogP contribution in [0.1, 0.15) is 40.5 Å². The Morgan fingerprint density at radius 3 is 1.88 bits per heavy atom. The Morgan fingerprint density at radius 2 is 1.40 bits per heavy atom. The Hall–Kier alpha value is -4.76. The van der Waals surface area contributed by atoms with Gasteiger partial charge in [0, 0.05) is 6.92 Å². The number of aromatic hydroxyl groups is 1. The SMILES string of the molecule is CC(=O)N[C@@H](CC(=O)O)C(=O)N[C@H](C(=O)N[C@@H](C)C(=O)N[C@@H](CC(=O)O)CN(N=O)c1ccc(O)cc1)C(C)C. The lowest BCUT2D eigenvalue weighted by Gasteiger charge is -2.27.